The van der Waals surface area contributed by atoms with Crippen LogP contribution in [-0.4, -0.2) is 4.98 Å². The third-order valence-electron chi connectivity index (χ3n) is 2.63. The molecule has 0 atom stereocenters. The molecule has 0 radical (unpaired) electrons. The molecule has 0 amide bonds. The number of aromatic nitrogens is 1. The fraction of sp³-hybridized carbons (Fsp3) is 0.308. The predicted octanol–water partition coefficient (Wildman–Crippen LogP) is 4.06. The van der Waals surface area contributed by atoms with Crippen molar-refractivity contribution in [2.45, 2.75) is 26.2 Å². The summed E-state index contributed by atoms with van der Waals surface area (Å²) >= 11 is 7.13. The number of halogens is 2. The minimum Gasteiger partial charge on any atom is -0.375 e. The van der Waals surface area contributed by atoms with Crippen molar-refractivity contribution < 1.29 is 4.39 Å². The van der Waals surface area contributed by atoms with Crippen LogP contribution in [-0.2, 0) is 12.8 Å². The summed E-state index contributed by atoms with van der Waals surface area (Å²) < 4.78 is 13.4. The van der Waals surface area contributed by atoms with Crippen molar-refractivity contribution in [1.82, 2.24) is 4.98 Å². The Bertz CT molecular complexity index is 554. The third kappa shape index (κ3) is 3.00. The van der Waals surface area contributed by atoms with Crippen molar-refractivity contribution in [2.75, 3.05) is 5.73 Å². The molecule has 2 N–H and O–H groups in total. The van der Waals surface area contributed by atoms with Gasteiger partial charge in [0.2, 0.25) is 0 Å². The molecule has 2 nitrogen and oxygen atoms in total. The molecule has 1 heterocycles. The number of hydrogen-bond acceptors (Lipinski definition) is 3. The monoisotopic (exact) mass is 284 g/mol. The van der Waals surface area contributed by atoms with Gasteiger partial charge in [-0.05, 0) is 24.1 Å². The topological polar surface area (TPSA) is 38.9 Å². The molecule has 0 aliphatic carbocycles. The third-order valence-corrected chi connectivity index (χ3v) is 3.86. The highest BCUT2D eigenvalue weighted by Crippen LogP contribution is 2.26. The fourth-order valence-electron chi connectivity index (χ4n) is 1.81. The summed E-state index contributed by atoms with van der Waals surface area (Å²) in [7, 11) is 0. The number of thiazole rings is 1. The maximum Gasteiger partial charge on any atom is 0.180 e. The molecule has 0 fully saturated rings. The van der Waals surface area contributed by atoms with Gasteiger partial charge in [-0.15, -0.1) is 11.3 Å². The average Bonchev–Trinajstić information content (AvgIpc) is 2.65. The second-order valence-electron chi connectivity index (χ2n) is 4.10. The van der Waals surface area contributed by atoms with E-state index < -0.39 is 0 Å². The fourth-order valence-corrected chi connectivity index (χ4v) is 2.84. The number of nitrogen functional groups attached to an aromatic ring is 1. The van der Waals surface area contributed by atoms with Gasteiger partial charge >= 0.3 is 0 Å². The smallest absolute Gasteiger partial charge is 0.180 e. The van der Waals surface area contributed by atoms with Gasteiger partial charge in [-0.1, -0.05) is 31.0 Å². The molecule has 0 aliphatic heterocycles. The van der Waals surface area contributed by atoms with E-state index in [-0.39, 0.29) is 10.8 Å². The Hall–Kier alpha value is -1.13. The molecule has 0 spiro atoms. The molecule has 0 saturated carbocycles. The second-order valence-corrected chi connectivity index (χ2v) is 5.62. The molecule has 1 aromatic heterocycles. The summed E-state index contributed by atoms with van der Waals surface area (Å²) in [6, 6.07) is 4.88. The van der Waals surface area contributed by atoms with Gasteiger partial charge in [0.25, 0.3) is 0 Å². The zero-order valence-electron chi connectivity index (χ0n) is 10.0. The van der Waals surface area contributed by atoms with Gasteiger partial charge in [0.1, 0.15) is 5.82 Å². The van der Waals surface area contributed by atoms with Crippen molar-refractivity contribution in [3.63, 3.8) is 0 Å². The van der Waals surface area contributed by atoms with Gasteiger partial charge in [0.05, 0.1) is 10.7 Å². The van der Waals surface area contributed by atoms with Gasteiger partial charge in [-0.25, -0.2) is 9.37 Å². The summed E-state index contributed by atoms with van der Waals surface area (Å²) in [5.74, 6) is -0.385. The quantitative estimate of drug-likeness (QED) is 0.919. The lowest BCUT2D eigenvalue weighted by atomic mass is 10.1. The lowest BCUT2D eigenvalue weighted by molar-refractivity contribution is 0.626. The summed E-state index contributed by atoms with van der Waals surface area (Å²) in [5.41, 5.74) is 7.64. The Balaban J connectivity index is 2.24. The number of anilines is 1. The minimum absolute atomic E-state index is 0.149. The van der Waals surface area contributed by atoms with Crippen LogP contribution in [0.15, 0.2) is 18.2 Å². The molecule has 0 bridgehead atoms. The van der Waals surface area contributed by atoms with Gasteiger partial charge in [0.15, 0.2) is 5.13 Å². The van der Waals surface area contributed by atoms with E-state index in [0.29, 0.717) is 11.6 Å². The van der Waals surface area contributed by atoms with Crippen LogP contribution in [0.3, 0.4) is 0 Å². The normalized spacial score (nSPS) is 10.8. The Kier molecular flexibility index (Phi) is 4.19. The highest BCUT2D eigenvalue weighted by Gasteiger charge is 2.10. The molecule has 2 aromatic rings. The first-order valence-corrected chi connectivity index (χ1v) is 6.97. The first kappa shape index (κ1) is 13.3. The molecule has 96 valence electrons. The molecule has 0 unspecified atom stereocenters. The lowest BCUT2D eigenvalue weighted by Crippen LogP contribution is -1.93. The summed E-state index contributed by atoms with van der Waals surface area (Å²) in [5, 5.41) is 0.722. The van der Waals surface area contributed by atoms with Crippen LogP contribution in [0.2, 0.25) is 5.02 Å². The second kappa shape index (κ2) is 5.67. The maximum atomic E-state index is 13.4. The Labute approximate surface area is 115 Å². The van der Waals surface area contributed by atoms with Crippen LogP contribution in [0, 0.1) is 5.82 Å². The zero-order chi connectivity index (χ0) is 13.1. The van der Waals surface area contributed by atoms with E-state index in [9.17, 15) is 4.39 Å². The molecule has 5 heteroatoms. The van der Waals surface area contributed by atoms with Crippen molar-refractivity contribution in [1.29, 1.82) is 0 Å². The van der Waals surface area contributed by atoms with E-state index in [1.165, 1.54) is 17.4 Å². The Morgan fingerprint density at radius 1 is 1.44 bits per heavy atom. The summed E-state index contributed by atoms with van der Waals surface area (Å²) in [6.07, 6.45) is 2.57. The molecule has 1 aromatic carbocycles. The predicted molar refractivity (Wildman–Crippen MR) is 74.7 cm³/mol. The standard InChI is InChI=1S/C13H14ClFN2S/c1-2-3-11-12(18-13(16)17-11)7-8-4-5-9(14)10(15)6-8/h4-6H,2-3,7H2,1H3,(H2,16,17). The Morgan fingerprint density at radius 2 is 2.22 bits per heavy atom. The van der Waals surface area contributed by atoms with E-state index in [1.54, 1.807) is 6.07 Å². The summed E-state index contributed by atoms with van der Waals surface area (Å²) in [6.45, 7) is 2.10. The maximum absolute atomic E-state index is 13.4. The van der Waals surface area contributed by atoms with Crippen LogP contribution in [0.4, 0.5) is 9.52 Å². The largest absolute Gasteiger partial charge is 0.375 e. The number of rotatable bonds is 4. The number of hydrogen-bond donors (Lipinski definition) is 1. The van der Waals surface area contributed by atoms with Crippen molar-refractivity contribution in [3.05, 3.63) is 45.2 Å². The molecule has 0 saturated heterocycles. The first-order valence-electron chi connectivity index (χ1n) is 5.78. The number of nitrogens with zero attached hydrogens (tertiary/aromatic N) is 1. The number of aryl methyl sites for hydroxylation is 1. The van der Waals surface area contributed by atoms with Crippen LogP contribution >= 0.6 is 22.9 Å². The molecule has 0 aliphatic rings. The van der Waals surface area contributed by atoms with E-state index in [4.69, 9.17) is 17.3 Å². The zero-order valence-corrected chi connectivity index (χ0v) is 11.6. The molecule has 2 rings (SSSR count). The SMILES string of the molecule is CCCc1nc(N)sc1Cc1ccc(Cl)c(F)c1. The molecular formula is C13H14ClFN2S. The van der Waals surface area contributed by atoms with E-state index >= 15 is 0 Å². The van der Waals surface area contributed by atoms with E-state index in [2.05, 4.69) is 11.9 Å². The van der Waals surface area contributed by atoms with Crippen LogP contribution in [0.5, 0.6) is 0 Å². The number of benzene rings is 1. The van der Waals surface area contributed by atoms with Gasteiger partial charge in [0, 0.05) is 11.3 Å². The van der Waals surface area contributed by atoms with Gasteiger partial charge < -0.3 is 5.73 Å². The first-order chi connectivity index (χ1) is 8.60. The van der Waals surface area contributed by atoms with Crippen molar-refractivity contribution in [2.24, 2.45) is 0 Å². The molecule has 18 heavy (non-hydrogen) atoms. The van der Waals surface area contributed by atoms with Crippen molar-refractivity contribution >= 4 is 28.1 Å². The number of nitrogens with two attached hydrogens (primary N) is 1. The van der Waals surface area contributed by atoms with Crippen LogP contribution in [0.1, 0.15) is 29.5 Å². The van der Waals surface area contributed by atoms with Crippen molar-refractivity contribution in [3.8, 4) is 0 Å². The van der Waals surface area contributed by atoms with E-state index in [0.717, 1.165) is 29.0 Å². The van der Waals surface area contributed by atoms with Crippen LogP contribution in [0.25, 0.3) is 0 Å². The Morgan fingerprint density at radius 3 is 2.89 bits per heavy atom. The molecular weight excluding hydrogens is 271 g/mol. The van der Waals surface area contributed by atoms with Gasteiger partial charge in [-0.3, -0.25) is 0 Å². The van der Waals surface area contributed by atoms with Crippen LogP contribution < -0.4 is 5.73 Å². The lowest BCUT2D eigenvalue weighted by Gasteiger charge is -2.03. The van der Waals surface area contributed by atoms with E-state index in [1.807, 2.05) is 6.07 Å². The highest BCUT2D eigenvalue weighted by molar-refractivity contribution is 7.15. The highest BCUT2D eigenvalue weighted by atomic mass is 35.5. The average molecular weight is 285 g/mol. The summed E-state index contributed by atoms with van der Waals surface area (Å²) in [4.78, 5) is 5.42. The minimum atomic E-state index is -0.385. The van der Waals surface area contributed by atoms with Gasteiger partial charge in [-0.2, -0.15) is 0 Å².